The van der Waals surface area contributed by atoms with Gasteiger partial charge in [-0.3, -0.25) is 0 Å². The van der Waals surface area contributed by atoms with Crippen LogP contribution in [0.25, 0.3) is 0 Å². The van der Waals surface area contributed by atoms with Gasteiger partial charge in [-0.15, -0.1) is 0 Å². The fraction of sp³-hybridized carbons (Fsp3) is 0.889. The molecule has 1 saturated carbocycles. The van der Waals surface area contributed by atoms with Crippen molar-refractivity contribution in [2.75, 3.05) is 11.5 Å². The minimum Gasteiger partial charge on any atom is -0.302 e. The van der Waals surface area contributed by atoms with Gasteiger partial charge in [0.2, 0.25) is 0 Å². The Balaban J connectivity index is 2.00. The van der Waals surface area contributed by atoms with Crippen LogP contribution < -0.4 is 0 Å². The van der Waals surface area contributed by atoms with Crippen molar-refractivity contribution in [2.24, 2.45) is 5.92 Å². The molecule has 0 unspecified atom stereocenters. The molecule has 11 heavy (non-hydrogen) atoms. The topological polar surface area (TPSA) is 17.1 Å². The Morgan fingerprint density at radius 1 is 1.27 bits per heavy atom. The molecule has 0 aromatic rings. The van der Waals surface area contributed by atoms with E-state index in [1.54, 1.807) is 11.8 Å². The molecule has 2 heteroatoms. The fourth-order valence-electron chi connectivity index (χ4n) is 1.64. The summed E-state index contributed by atoms with van der Waals surface area (Å²) in [5, 5.41) is 0. The predicted molar refractivity (Wildman–Crippen MR) is 50.0 cm³/mol. The number of rotatable bonds is 4. The standard InChI is InChI=1S/C9H16OS/c10-6-7-11-8-9-4-2-1-3-5-9/h6,9H,1-5,7-8H2. The SMILES string of the molecule is O=CCSCC1CCCCC1. The van der Waals surface area contributed by atoms with Gasteiger partial charge in [0.25, 0.3) is 0 Å². The van der Waals surface area contributed by atoms with Gasteiger partial charge < -0.3 is 4.79 Å². The van der Waals surface area contributed by atoms with Crippen molar-refractivity contribution in [3.05, 3.63) is 0 Å². The third kappa shape index (κ3) is 3.80. The lowest BCUT2D eigenvalue weighted by molar-refractivity contribution is -0.105. The Morgan fingerprint density at radius 2 is 2.00 bits per heavy atom. The van der Waals surface area contributed by atoms with Gasteiger partial charge in [-0.1, -0.05) is 19.3 Å². The zero-order valence-corrected chi connectivity index (χ0v) is 7.74. The molecule has 1 rings (SSSR count). The van der Waals surface area contributed by atoms with E-state index in [0.717, 1.165) is 12.2 Å². The number of carbonyl (C=O) groups excluding carboxylic acids is 1. The van der Waals surface area contributed by atoms with Crippen molar-refractivity contribution < 1.29 is 4.79 Å². The second-order valence-corrected chi connectivity index (χ2v) is 4.28. The summed E-state index contributed by atoms with van der Waals surface area (Å²) in [6.45, 7) is 0. The predicted octanol–water partition coefficient (Wildman–Crippen LogP) is 2.50. The Kier molecular flexibility index (Phi) is 4.67. The van der Waals surface area contributed by atoms with E-state index in [9.17, 15) is 4.79 Å². The Hall–Kier alpha value is 0.0200. The van der Waals surface area contributed by atoms with Gasteiger partial charge in [0.1, 0.15) is 6.29 Å². The van der Waals surface area contributed by atoms with Gasteiger partial charge in [0, 0.05) is 5.75 Å². The first kappa shape index (κ1) is 9.11. The third-order valence-electron chi connectivity index (χ3n) is 2.26. The van der Waals surface area contributed by atoms with E-state index in [1.807, 2.05) is 0 Å². The first-order valence-corrected chi connectivity index (χ1v) is 5.60. The maximum absolute atomic E-state index is 10.0. The minimum atomic E-state index is 0.691. The zero-order chi connectivity index (χ0) is 7.94. The molecule has 0 atom stereocenters. The molecular weight excluding hydrogens is 156 g/mol. The van der Waals surface area contributed by atoms with Crippen molar-refractivity contribution in [1.29, 1.82) is 0 Å². The number of thioether (sulfide) groups is 1. The number of hydrogen-bond acceptors (Lipinski definition) is 2. The van der Waals surface area contributed by atoms with Gasteiger partial charge in [-0.2, -0.15) is 11.8 Å². The average molecular weight is 172 g/mol. The molecule has 0 bridgehead atoms. The first-order chi connectivity index (χ1) is 5.43. The zero-order valence-electron chi connectivity index (χ0n) is 6.92. The number of hydrogen-bond donors (Lipinski definition) is 0. The second-order valence-electron chi connectivity index (χ2n) is 3.21. The smallest absolute Gasteiger partial charge is 0.129 e. The van der Waals surface area contributed by atoms with E-state index in [2.05, 4.69) is 0 Å². The molecule has 0 spiro atoms. The number of aldehydes is 1. The van der Waals surface area contributed by atoms with Crippen LogP contribution in [0.3, 0.4) is 0 Å². The van der Waals surface area contributed by atoms with E-state index in [1.165, 1.54) is 37.9 Å². The minimum absolute atomic E-state index is 0.691. The summed E-state index contributed by atoms with van der Waals surface area (Å²) in [7, 11) is 0. The quantitative estimate of drug-likeness (QED) is 0.479. The normalized spacial score (nSPS) is 20.0. The van der Waals surface area contributed by atoms with Crippen LogP contribution in [-0.2, 0) is 4.79 Å². The summed E-state index contributed by atoms with van der Waals surface area (Å²) in [5.74, 6) is 2.81. The lowest BCUT2D eigenvalue weighted by atomic mass is 9.91. The van der Waals surface area contributed by atoms with Crippen LogP contribution in [-0.4, -0.2) is 17.8 Å². The molecule has 0 radical (unpaired) electrons. The average Bonchev–Trinajstić information content (AvgIpc) is 2.07. The maximum Gasteiger partial charge on any atom is 0.129 e. The summed E-state index contributed by atoms with van der Waals surface area (Å²) in [6.07, 6.45) is 8.04. The van der Waals surface area contributed by atoms with Crippen LogP contribution in [0.4, 0.5) is 0 Å². The summed E-state index contributed by atoms with van der Waals surface area (Å²) in [6, 6.07) is 0. The molecule has 1 aliphatic carbocycles. The lowest BCUT2D eigenvalue weighted by Crippen LogP contribution is -2.08. The second kappa shape index (κ2) is 5.64. The molecule has 1 fully saturated rings. The van der Waals surface area contributed by atoms with E-state index < -0.39 is 0 Å². The molecule has 1 nitrogen and oxygen atoms in total. The molecule has 1 aliphatic rings. The van der Waals surface area contributed by atoms with E-state index in [0.29, 0.717) is 5.75 Å². The number of carbonyl (C=O) groups is 1. The van der Waals surface area contributed by atoms with Gasteiger partial charge >= 0.3 is 0 Å². The van der Waals surface area contributed by atoms with Crippen molar-refractivity contribution in [3.63, 3.8) is 0 Å². The summed E-state index contributed by atoms with van der Waals surface area (Å²) in [4.78, 5) is 10.0. The molecule has 64 valence electrons. The van der Waals surface area contributed by atoms with Crippen molar-refractivity contribution in [1.82, 2.24) is 0 Å². The summed E-state index contributed by atoms with van der Waals surface area (Å²) < 4.78 is 0. The highest BCUT2D eigenvalue weighted by Crippen LogP contribution is 2.26. The maximum atomic E-state index is 10.0. The summed E-state index contributed by atoms with van der Waals surface area (Å²) >= 11 is 1.79. The lowest BCUT2D eigenvalue weighted by Gasteiger charge is -2.20. The van der Waals surface area contributed by atoms with Crippen LogP contribution in [0.15, 0.2) is 0 Å². The first-order valence-electron chi connectivity index (χ1n) is 4.45. The third-order valence-corrected chi connectivity index (χ3v) is 3.34. The highest BCUT2D eigenvalue weighted by Gasteiger charge is 2.12. The molecule has 0 heterocycles. The van der Waals surface area contributed by atoms with Crippen LogP contribution in [0.2, 0.25) is 0 Å². The molecule has 0 aromatic carbocycles. The fourth-order valence-corrected chi connectivity index (χ4v) is 2.54. The van der Waals surface area contributed by atoms with Gasteiger partial charge in [0.15, 0.2) is 0 Å². The Bertz CT molecular complexity index is 108. The van der Waals surface area contributed by atoms with E-state index >= 15 is 0 Å². The van der Waals surface area contributed by atoms with Crippen LogP contribution in [0, 0.1) is 5.92 Å². The molecule has 0 amide bonds. The van der Waals surface area contributed by atoms with E-state index in [-0.39, 0.29) is 0 Å². The van der Waals surface area contributed by atoms with Crippen LogP contribution in [0.5, 0.6) is 0 Å². The Morgan fingerprint density at radius 3 is 2.64 bits per heavy atom. The van der Waals surface area contributed by atoms with Crippen molar-refractivity contribution in [2.45, 2.75) is 32.1 Å². The van der Waals surface area contributed by atoms with Crippen molar-refractivity contribution >= 4 is 18.0 Å². The molecule has 0 saturated heterocycles. The van der Waals surface area contributed by atoms with Gasteiger partial charge in [-0.25, -0.2) is 0 Å². The largest absolute Gasteiger partial charge is 0.302 e. The van der Waals surface area contributed by atoms with Crippen LogP contribution >= 0.6 is 11.8 Å². The summed E-state index contributed by atoms with van der Waals surface area (Å²) in [5.41, 5.74) is 0. The highest BCUT2D eigenvalue weighted by molar-refractivity contribution is 7.99. The van der Waals surface area contributed by atoms with Crippen molar-refractivity contribution in [3.8, 4) is 0 Å². The van der Waals surface area contributed by atoms with Gasteiger partial charge in [-0.05, 0) is 24.5 Å². The highest BCUT2D eigenvalue weighted by atomic mass is 32.2. The molecular formula is C9H16OS. The molecule has 0 N–H and O–H groups in total. The molecule has 0 aliphatic heterocycles. The van der Waals surface area contributed by atoms with Crippen LogP contribution in [0.1, 0.15) is 32.1 Å². The Labute approximate surface area is 72.9 Å². The van der Waals surface area contributed by atoms with Gasteiger partial charge in [0.05, 0.1) is 0 Å². The van der Waals surface area contributed by atoms with E-state index in [4.69, 9.17) is 0 Å². The molecule has 0 aromatic heterocycles. The monoisotopic (exact) mass is 172 g/mol.